The van der Waals surface area contributed by atoms with Crippen LogP contribution >= 0.6 is 0 Å². The molecule has 0 saturated heterocycles. The van der Waals surface area contributed by atoms with Crippen molar-refractivity contribution in [3.8, 4) is 0 Å². The molecule has 2 N–H and O–H groups in total. The molecule has 0 unspecified atom stereocenters. The fourth-order valence-corrected chi connectivity index (χ4v) is 4.63. The minimum absolute atomic E-state index is 0.112. The quantitative estimate of drug-likeness (QED) is 0.383. The fraction of sp³-hybridized carbons (Fsp3) is 0.417. The summed E-state index contributed by atoms with van der Waals surface area (Å²) in [5.41, 5.74) is -3.16. The van der Waals surface area contributed by atoms with Crippen LogP contribution < -0.4 is 5.32 Å². The molecule has 1 aliphatic rings. The number of rotatable bonds is 6. The van der Waals surface area contributed by atoms with Gasteiger partial charge in [-0.1, -0.05) is 13.0 Å². The van der Waals surface area contributed by atoms with E-state index < -0.39 is 46.8 Å². The largest absolute Gasteiger partial charge is 0.481 e. The number of anilines is 1. The fourth-order valence-electron chi connectivity index (χ4n) is 4.63. The number of nitrogens with one attached hydrogen (secondary N) is 1. The molecule has 0 atom stereocenters. The van der Waals surface area contributed by atoms with E-state index in [0.29, 0.717) is 43.6 Å². The van der Waals surface area contributed by atoms with Crippen molar-refractivity contribution < 1.29 is 36.6 Å². The zero-order valence-electron chi connectivity index (χ0n) is 19.1. The van der Waals surface area contributed by atoms with Gasteiger partial charge in [0.25, 0.3) is 12.3 Å². The number of carbonyl (C=O) groups excluding carboxylic acids is 1. The first-order valence-electron chi connectivity index (χ1n) is 11.3. The Hall–Kier alpha value is -3.57. The number of carbonyl (C=O) groups is 2. The number of carboxylic acid groups (broad SMARTS) is 1. The number of aliphatic carboxylic acids is 1. The van der Waals surface area contributed by atoms with Crippen molar-refractivity contribution in [3.63, 3.8) is 0 Å². The second kappa shape index (κ2) is 9.47. The monoisotopic (exact) mass is 510 g/mol. The number of hydrogen-bond acceptors (Lipinski definition) is 4. The third kappa shape index (κ3) is 4.89. The van der Waals surface area contributed by atoms with Gasteiger partial charge in [-0.05, 0) is 56.4 Å². The Morgan fingerprint density at radius 3 is 2.50 bits per heavy atom. The van der Waals surface area contributed by atoms with Gasteiger partial charge in [0.05, 0.1) is 22.7 Å². The van der Waals surface area contributed by atoms with Crippen molar-refractivity contribution >= 4 is 28.5 Å². The van der Waals surface area contributed by atoms with Crippen LogP contribution in [0.5, 0.6) is 0 Å². The number of amides is 1. The van der Waals surface area contributed by atoms with Gasteiger partial charge in [0.15, 0.2) is 0 Å². The van der Waals surface area contributed by atoms with E-state index in [1.807, 2.05) is 6.92 Å². The van der Waals surface area contributed by atoms with Gasteiger partial charge in [-0.15, -0.1) is 0 Å². The van der Waals surface area contributed by atoms with E-state index in [1.54, 1.807) is 10.9 Å². The van der Waals surface area contributed by atoms with Gasteiger partial charge >= 0.3 is 12.1 Å². The van der Waals surface area contributed by atoms with E-state index in [2.05, 4.69) is 15.4 Å². The van der Waals surface area contributed by atoms with E-state index in [9.17, 15) is 36.6 Å². The highest BCUT2D eigenvalue weighted by Gasteiger charge is 2.41. The molecular formula is C24H23F5N4O3. The standard InChI is InChI=1S/C24H23F5N4O3/c1-2-23(22(35)36)8-6-14(7-9-23)33-12-13-10-18(15(20(25)26)11-17(13)32-33)31-21(34)16-4-3-5-19(30-16)24(27,28)29/h3-5,10-12,14,20H,2,6-9H2,1H3,(H,31,34)(H,35,36). The Balaban J connectivity index is 1.60. The molecular weight excluding hydrogens is 487 g/mol. The third-order valence-corrected chi connectivity index (χ3v) is 6.87. The van der Waals surface area contributed by atoms with Crippen LogP contribution in [-0.4, -0.2) is 31.7 Å². The Labute approximate surface area is 202 Å². The Bertz CT molecular complexity index is 1300. The molecule has 12 heteroatoms. The molecule has 2 heterocycles. The van der Waals surface area contributed by atoms with Gasteiger partial charge in [0.1, 0.15) is 11.4 Å². The van der Waals surface area contributed by atoms with Crippen LogP contribution in [-0.2, 0) is 11.0 Å². The van der Waals surface area contributed by atoms with Gasteiger partial charge in [0, 0.05) is 17.1 Å². The summed E-state index contributed by atoms with van der Waals surface area (Å²) in [7, 11) is 0. The first-order valence-corrected chi connectivity index (χ1v) is 11.3. The van der Waals surface area contributed by atoms with Crippen LogP contribution in [0.25, 0.3) is 10.9 Å². The van der Waals surface area contributed by atoms with Gasteiger partial charge in [-0.2, -0.15) is 18.3 Å². The third-order valence-electron chi connectivity index (χ3n) is 6.87. The van der Waals surface area contributed by atoms with Crippen LogP contribution in [0.1, 0.15) is 73.2 Å². The molecule has 0 bridgehead atoms. The number of aromatic nitrogens is 3. The van der Waals surface area contributed by atoms with Crippen molar-refractivity contribution in [1.82, 2.24) is 14.8 Å². The maximum absolute atomic E-state index is 13.8. The van der Waals surface area contributed by atoms with Crippen LogP contribution in [0.2, 0.25) is 0 Å². The Morgan fingerprint density at radius 2 is 1.92 bits per heavy atom. The second-order valence-electron chi connectivity index (χ2n) is 8.94. The highest BCUT2D eigenvalue weighted by Crippen LogP contribution is 2.44. The van der Waals surface area contributed by atoms with Gasteiger partial charge in [0.2, 0.25) is 0 Å². The van der Waals surface area contributed by atoms with Gasteiger partial charge in [-0.25, -0.2) is 13.8 Å². The van der Waals surface area contributed by atoms with Crippen molar-refractivity contribution in [1.29, 1.82) is 0 Å². The molecule has 0 radical (unpaired) electrons. The van der Waals surface area contributed by atoms with Crippen molar-refractivity contribution in [2.24, 2.45) is 5.41 Å². The first-order chi connectivity index (χ1) is 16.9. The molecule has 192 valence electrons. The van der Waals surface area contributed by atoms with Crippen molar-refractivity contribution in [2.75, 3.05) is 5.32 Å². The zero-order valence-corrected chi connectivity index (χ0v) is 19.1. The number of benzene rings is 1. The van der Waals surface area contributed by atoms with Crippen LogP contribution in [0.3, 0.4) is 0 Å². The molecule has 0 aliphatic heterocycles. The van der Waals surface area contributed by atoms with E-state index >= 15 is 0 Å². The van der Waals surface area contributed by atoms with Crippen molar-refractivity contribution in [2.45, 2.75) is 57.7 Å². The van der Waals surface area contributed by atoms with Crippen LogP contribution in [0.15, 0.2) is 36.5 Å². The number of nitrogens with zero attached hydrogens (tertiary/aromatic N) is 3. The number of alkyl halides is 5. The SMILES string of the molecule is CCC1(C(=O)O)CCC(n2cc3cc(NC(=O)c4cccc(C(F)(F)F)n4)c(C(F)F)cc3n2)CC1. The van der Waals surface area contributed by atoms with Crippen LogP contribution in [0.4, 0.5) is 27.6 Å². The number of hydrogen-bond donors (Lipinski definition) is 2. The second-order valence-corrected chi connectivity index (χ2v) is 8.94. The molecule has 1 aliphatic carbocycles. The average Bonchev–Trinajstić information content (AvgIpc) is 3.26. The Kier molecular flexibility index (Phi) is 6.72. The van der Waals surface area contributed by atoms with Crippen molar-refractivity contribution in [3.05, 3.63) is 53.5 Å². The highest BCUT2D eigenvalue weighted by molar-refractivity contribution is 6.04. The van der Waals surface area contributed by atoms with E-state index in [4.69, 9.17) is 0 Å². The summed E-state index contributed by atoms with van der Waals surface area (Å²) >= 11 is 0. The van der Waals surface area contributed by atoms with E-state index in [1.165, 1.54) is 6.07 Å². The summed E-state index contributed by atoms with van der Waals surface area (Å²) in [5, 5.41) is 16.7. The van der Waals surface area contributed by atoms with Crippen LogP contribution in [0, 0.1) is 5.41 Å². The van der Waals surface area contributed by atoms with E-state index in [-0.39, 0.29) is 17.2 Å². The molecule has 36 heavy (non-hydrogen) atoms. The molecule has 2 aromatic heterocycles. The predicted molar refractivity (Wildman–Crippen MR) is 120 cm³/mol. The van der Waals surface area contributed by atoms with Gasteiger partial charge < -0.3 is 10.4 Å². The molecule has 0 spiro atoms. The lowest BCUT2D eigenvalue weighted by molar-refractivity contribution is -0.151. The number of pyridine rings is 1. The summed E-state index contributed by atoms with van der Waals surface area (Å²) in [5.74, 6) is -1.89. The molecule has 3 aromatic rings. The maximum atomic E-state index is 13.8. The average molecular weight is 510 g/mol. The highest BCUT2D eigenvalue weighted by atomic mass is 19.4. The molecule has 1 aromatic carbocycles. The lowest BCUT2D eigenvalue weighted by Gasteiger charge is -2.36. The summed E-state index contributed by atoms with van der Waals surface area (Å²) in [4.78, 5) is 27.5. The first kappa shape index (κ1) is 25.5. The molecule has 1 saturated carbocycles. The Morgan fingerprint density at radius 1 is 1.22 bits per heavy atom. The summed E-state index contributed by atoms with van der Waals surface area (Å²) in [6, 6.07) is 5.07. The molecule has 4 rings (SSSR count). The predicted octanol–water partition coefficient (Wildman–Crippen LogP) is 6.24. The minimum atomic E-state index is -4.77. The summed E-state index contributed by atoms with van der Waals surface area (Å²) in [6.07, 6.45) is -3.56. The summed E-state index contributed by atoms with van der Waals surface area (Å²) < 4.78 is 68.0. The molecule has 1 fully saturated rings. The zero-order chi connectivity index (χ0) is 26.3. The minimum Gasteiger partial charge on any atom is -0.481 e. The number of carboxylic acids is 1. The lowest BCUT2D eigenvalue weighted by atomic mass is 9.71. The normalized spacial score (nSPS) is 20.6. The molecule has 1 amide bonds. The summed E-state index contributed by atoms with van der Waals surface area (Å²) in [6.45, 7) is 1.84. The lowest BCUT2D eigenvalue weighted by Crippen LogP contribution is -2.35. The number of halogens is 5. The smallest absolute Gasteiger partial charge is 0.433 e. The molecule has 7 nitrogen and oxygen atoms in total. The van der Waals surface area contributed by atoms with Gasteiger partial charge in [-0.3, -0.25) is 14.3 Å². The van der Waals surface area contributed by atoms with E-state index in [0.717, 1.165) is 18.2 Å². The number of fused-ring (bicyclic) bond motifs is 1. The maximum Gasteiger partial charge on any atom is 0.433 e. The topological polar surface area (TPSA) is 97.1 Å².